The summed E-state index contributed by atoms with van der Waals surface area (Å²) >= 11 is 1.53. The molecule has 2 aromatic carbocycles. The van der Waals surface area contributed by atoms with Crippen LogP contribution in [-0.2, 0) is 29.5 Å². The van der Waals surface area contributed by atoms with Crippen LogP contribution in [0.4, 0.5) is 5.69 Å². The van der Waals surface area contributed by atoms with Crippen LogP contribution < -0.4 is 40.5 Å². The largest absolute Gasteiger partial charge is 1.00 e. The van der Waals surface area contributed by atoms with E-state index in [0.29, 0.717) is 3.63 Å². The average Bonchev–Trinajstić information content (AvgIpc) is 2.98. The van der Waals surface area contributed by atoms with Crippen LogP contribution in [0, 0.1) is 0 Å². The van der Waals surface area contributed by atoms with Gasteiger partial charge in [0.1, 0.15) is 0 Å². The van der Waals surface area contributed by atoms with Crippen LogP contribution in [0.1, 0.15) is 21.2 Å². The van der Waals surface area contributed by atoms with Gasteiger partial charge in [-0.3, -0.25) is 0 Å². The second-order valence-electron chi connectivity index (χ2n) is 6.80. The first-order chi connectivity index (χ1) is 11.0. The van der Waals surface area contributed by atoms with Gasteiger partial charge < -0.3 is 24.8 Å². The monoisotopic (exact) mass is 468 g/mol. The van der Waals surface area contributed by atoms with Crippen molar-refractivity contribution in [1.29, 1.82) is 0 Å². The number of nitrogens with one attached hydrogen (secondary N) is 1. The van der Waals surface area contributed by atoms with Gasteiger partial charge in [0, 0.05) is 0 Å². The summed E-state index contributed by atoms with van der Waals surface area (Å²) in [5.74, 6) is -0.100. The van der Waals surface area contributed by atoms with E-state index in [4.69, 9.17) is 5.11 Å². The van der Waals surface area contributed by atoms with Crippen molar-refractivity contribution in [2.45, 2.75) is 23.1 Å². The Hall–Kier alpha value is -0.450. The molecule has 1 unspecified atom stereocenters. The maximum absolute atomic E-state index is 12.0. The molecule has 0 radical (unpaired) electrons. The molecule has 0 spiro atoms. The summed E-state index contributed by atoms with van der Waals surface area (Å²) < 4.78 is 0.526. The summed E-state index contributed by atoms with van der Waals surface area (Å²) in [4.78, 5) is 12.0. The molecule has 0 aromatic heterocycles. The number of halogens is 2. The van der Waals surface area contributed by atoms with Gasteiger partial charge in [0.25, 0.3) is 0 Å². The number of aliphatic hydroxyl groups excluding tert-OH is 1. The van der Waals surface area contributed by atoms with Crippen LogP contribution in [0.2, 0.25) is 13.1 Å². The number of anilines is 1. The SMILES string of the molecule is C[Si]1(C)c2c(NC(=O)CCO)cc3c(c21)[CH]([Zr+2])c1ccccc1-3.[Cl-].[Cl-]. The predicted molar refractivity (Wildman–Crippen MR) is 90.8 cm³/mol. The Bertz CT molecular complexity index is 857. The molecule has 2 aromatic rings. The van der Waals surface area contributed by atoms with Crippen LogP contribution in [0.15, 0.2) is 30.3 Å². The third kappa shape index (κ3) is 3.08. The number of carbonyl (C=O) groups excluding carboxylic acids is 1. The molecule has 1 heterocycles. The van der Waals surface area contributed by atoms with Crippen LogP contribution in [0.3, 0.4) is 0 Å². The van der Waals surface area contributed by atoms with E-state index in [1.165, 1.54) is 52.2 Å². The number of hydrogen-bond acceptors (Lipinski definition) is 2. The van der Waals surface area contributed by atoms with Gasteiger partial charge in [-0.2, -0.15) is 0 Å². The van der Waals surface area contributed by atoms with Crippen molar-refractivity contribution in [3.63, 3.8) is 0 Å². The maximum atomic E-state index is 12.0. The molecule has 0 saturated heterocycles. The van der Waals surface area contributed by atoms with Gasteiger partial charge in [0.15, 0.2) is 0 Å². The molecule has 1 aliphatic carbocycles. The minimum atomic E-state index is -1.53. The van der Waals surface area contributed by atoms with Gasteiger partial charge >= 0.3 is 152 Å². The molecular weight excluding hydrogens is 452 g/mol. The molecule has 1 amide bonds. The van der Waals surface area contributed by atoms with Crippen molar-refractivity contribution in [2.75, 3.05) is 11.9 Å². The fourth-order valence-electron chi connectivity index (χ4n) is 3.93. The van der Waals surface area contributed by atoms with Crippen molar-refractivity contribution in [3.05, 3.63) is 41.5 Å². The van der Waals surface area contributed by atoms with E-state index in [0.717, 1.165) is 5.69 Å². The second kappa shape index (κ2) is 7.28. The van der Waals surface area contributed by atoms with Crippen LogP contribution in [0.5, 0.6) is 0 Å². The Balaban J connectivity index is 0.00000113. The summed E-state index contributed by atoms with van der Waals surface area (Å²) in [5.41, 5.74) is 6.56. The molecule has 1 atom stereocenters. The van der Waals surface area contributed by atoms with Crippen LogP contribution in [0.25, 0.3) is 11.1 Å². The zero-order valence-corrected chi connectivity index (χ0v) is 19.0. The molecule has 0 fully saturated rings. The van der Waals surface area contributed by atoms with Gasteiger partial charge in [-0.1, -0.05) is 0 Å². The van der Waals surface area contributed by atoms with Gasteiger partial charge in [-0.15, -0.1) is 0 Å². The van der Waals surface area contributed by atoms with E-state index in [1.807, 2.05) is 0 Å². The van der Waals surface area contributed by atoms with Gasteiger partial charge in [-0.25, -0.2) is 0 Å². The van der Waals surface area contributed by atoms with E-state index in [2.05, 4.69) is 48.7 Å². The summed E-state index contributed by atoms with van der Waals surface area (Å²) in [6.45, 7) is 4.63. The first-order valence-electron chi connectivity index (χ1n) is 7.89. The van der Waals surface area contributed by atoms with E-state index in [-0.39, 0.29) is 43.7 Å². The standard InChI is InChI=1S/C18H18NO2Si.2ClH.Zr/c1-22(2)17-14-9-11-5-3-4-6-12(11)13(14)10-15(18(17)22)19-16(21)7-8-20;;;/h3-6,9-10,20H,7-8H2,1-2H3,(H,19,21);2*1H;/q;;;+2/p-2. The summed E-state index contributed by atoms with van der Waals surface area (Å²) in [6.07, 6.45) is 0.158. The third-order valence-electron chi connectivity index (χ3n) is 5.02. The van der Waals surface area contributed by atoms with Crippen molar-refractivity contribution < 1.29 is 59.4 Å². The Kier molecular flexibility index (Phi) is 6.08. The first-order valence-corrected chi connectivity index (χ1v) is 12.3. The van der Waals surface area contributed by atoms with E-state index in [9.17, 15) is 4.79 Å². The molecule has 2 N–H and O–H groups in total. The fraction of sp³-hybridized carbons (Fsp3) is 0.278. The minimum Gasteiger partial charge on any atom is -1.00 e. The van der Waals surface area contributed by atoms with E-state index < -0.39 is 8.07 Å². The minimum absolute atomic E-state index is 0. The quantitative estimate of drug-likeness (QED) is 0.447. The first kappa shape index (κ1) is 20.9. The summed E-state index contributed by atoms with van der Waals surface area (Å²) in [6, 6.07) is 10.8. The molecule has 1 aliphatic heterocycles. The van der Waals surface area contributed by atoms with Crippen molar-refractivity contribution in [2.24, 2.45) is 0 Å². The molecular formula is C18H18Cl2NO2SiZr. The number of benzene rings is 2. The summed E-state index contributed by atoms with van der Waals surface area (Å²) in [5, 5.41) is 15.0. The topological polar surface area (TPSA) is 49.3 Å². The molecule has 7 heteroatoms. The molecule has 129 valence electrons. The van der Waals surface area contributed by atoms with Crippen LogP contribution in [-0.4, -0.2) is 25.7 Å². The summed E-state index contributed by atoms with van der Waals surface area (Å²) in [7, 11) is -1.53. The molecule has 4 rings (SSSR count). The number of hydrogen-bond donors (Lipinski definition) is 2. The van der Waals surface area contributed by atoms with Crippen molar-refractivity contribution >= 4 is 30.0 Å². The number of fused-ring (bicyclic) bond motifs is 5. The molecule has 0 bridgehead atoms. The number of amides is 1. The predicted octanol–water partition coefficient (Wildman–Crippen LogP) is -4.23. The van der Waals surface area contributed by atoms with Gasteiger partial charge in [0.2, 0.25) is 0 Å². The number of carbonyl (C=O) groups is 1. The molecule has 3 nitrogen and oxygen atoms in total. The Morgan fingerprint density at radius 2 is 1.88 bits per heavy atom. The van der Waals surface area contributed by atoms with E-state index in [1.54, 1.807) is 5.19 Å². The Morgan fingerprint density at radius 3 is 2.56 bits per heavy atom. The average molecular weight is 471 g/mol. The van der Waals surface area contributed by atoms with Gasteiger partial charge in [0.05, 0.1) is 0 Å². The molecule has 0 saturated carbocycles. The van der Waals surface area contributed by atoms with Gasteiger partial charge in [-0.05, 0) is 0 Å². The normalized spacial score (nSPS) is 17.4. The zero-order chi connectivity index (χ0) is 16.4. The molecule has 2 aliphatic rings. The third-order valence-corrected chi connectivity index (χ3v) is 9.78. The number of aliphatic hydroxyl groups is 1. The Labute approximate surface area is 176 Å². The second-order valence-corrected chi connectivity index (χ2v) is 12.5. The van der Waals surface area contributed by atoms with Crippen molar-refractivity contribution in [1.82, 2.24) is 0 Å². The zero-order valence-electron chi connectivity index (χ0n) is 14.0. The molecule has 25 heavy (non-hydrogen) atoms. The fourth-order valence-corrected chi connectivity index (χ4v) is 9.35. The van der Waals surface area contributed by atoms with Crippen molar-refractivity contribution in [3.8, 4) is 11.1 Å². The van der Waals surface area contributed by atoms with E-state index >= 15 is 0 Å². The number of rotatable bonds is 3. The maximum Gasteiger partial charge on any atom is -1.00 e. The van der Waals surface area contributed by atoms with Crippen LogP contribution >= 0.6 is 0 Å². The Morgan fingerprint density at radius 1 is 1.20 bits per heavy atom. The smallest absolute Gasteiger partial charge is 1.00 e.